The predicted molar refractivity (Wildman–Crippen MR) is 61.0 cm³/mol. The molecule has 0 bridgehead atoms. The van der Waals surface area contributed by atoms with E-state index in [9.17, 15) is 5.11 Å². The van der Waals surface area contributed by atoms with E-state index in [-0.39, 0.29) is 0 Å². The average molecular weight is 226 g/mol. The molecular formula is C12H18O4. The van der Waals surface area contributed by atoms with Crippen LogP contribution in [0.3, 0.4) is 0 Å². The Morgan fingerprint density at radius 1 is 1.12 bits per heavy atom. The van der Waals surface area contributed by atoms with Crippen LogP contribution < -0.4 is 9.47 Å². The van der Waals surface area contributed by atoms with Gasteiger partial charge in [0.1, 0.15) is 0 Å². The lowest BCUT2D eigenvalue weighted by atomic mass is 10.1. The van der Waals surface area contributed by atoms with Gasteiger partial charge in [-0.1, -0.05) is 6.07 Å². The Morgan fingerprint density at radius 2 is 1.81 bits per heavy atom. The zero-order valence-corrected chi connectivity index (χ0v) is 9.90. The summed E-state index contributed by atoms with van der Waals surface area (Å²) in [6.07, 6.45) is 0.0196. The van der Waals surface area contributed by atoms with Crippen LogP contribution in [0.25, 0.3) is 0 Å². The molecule has 0 saturated carbocycles. The molecule has 0 aliphatic heterocycles. The lowest BCUT2D eigenvalue weighted by molar-refractivity contribution is 0.110. The minimum Gasteiger partial charge on any atom is -0.493 e. The van der Waals surface area contributed by atoms with E-state index >= 15 is 0 Å². The summed E-state index contributed by atoms with van der Waals surface area (Å²) in [6.45, 7) is 0.523. The highest BCUT2D eigenvalue weighted by atomic mass is 16.5. The van der Waals surface area contributed by atoms with E-state index in [2.05, 4.69) is 0 Å². The average Bonchev–Trinajstić information content (AvgIpc) is 2.34. The van der Waals surface area contributed by atoms with Gasteiger partial charge in [-0.3, -0.25) is 0 Å². The number of methoxy groups -OCH3 is 3. The molecule has 90 valence electrons. The predicted octanol–water partition coefficient (Wildman–Crippen LogP) is 1.77. The van der Waals surface area contributed by atoms with Crippen molar-refractivity contribution in [2.45, 2.75) is 12.5 Å². The molecule has 0 aromatic heterocycles. The number of aliphatic hydroxyl groups is 1. The van der Waals surface area contributed by atoms with Crippen LogP contribution in [0.15, 0.2) is 18.2 Å². The van der Waals surface area contributed by atoms with Crippen molar-refractivity contribution in [2.75, 3.05) is 27.9 Å². The number of ether oxygens (including phenoxy) is 3. The van der Waals surface area contributed by atoms with Crippen molar-refractivity contribution in [1.82, 2.24) is 0 Å². The molecule has 1 unspecified atom stereocenters. The molecule has 0 heterocycles. The van der Waals surface area contributed by atoms with Crippen LogP contribution in [0, 0.1) is 0 Å². The highest BCUT2D eigenvalue weighted by Crippen LogP contribution is 2.30. The standard InChI is InChI=1S/C12H18O4/c1-14-7-6-10(13)9-4-5-11(15-2)12(8-9)16-3/h4-5,8,10,13H,6-7H2,1-3H3. The number of hydrogen-bond donors (Lipinski definition) is 1. The van der Waals surface area contributed by atoms with Crippen LogP contribution in [0.4, 0.5) is 0 Å². The second kappa shape index (κ2) is 6.35. The first-order chi connectivity index (χ1) is 7.72. The quantitative estimate of drug-likeness (QED) is 0.803. The first kappa shape index (κ1) is 12.8. The van der Waals surface area contributed by atoms with E-state index in [4.69, 9.17) is 14.2 Å². The van der Waals surface area contributed by atoms with Crippen molar-refractivity contribution in [3.8, 4) is 11.5 Å². The number of hydrogen-bond acceptors (Lipinski definition) is 4. The van der Waals surface area contributed by atoms with E-state index in [1.54, 1.807) is 33.5 Å². The maximum atomic E-state index is 9.86. The molecule has 1 N–H and O–H groups in total. The summed E-state index contributed by atoms with van der Waals surface area (Å²) in [5, 5.41) is 9.86. The third-order valence-corrected chi connectivity index (χ3v) is 2.39. The monoisotopic (exact) mass is 226 g/mol. The van der Waals surface area contributed by atoms with Crippen LogP contribution in [0.2, 0.25) is 0 Å². The summed E-state index contributed by atoms with van der Waals surface area (Å²) in [6, 6.07) is 5.38. The fourth-order valence-corrected chi connectivity index (χ4v) is 1.46. The smallest absolute Gasteiger partial charge is 0.161 e. The van der Waals surface area contributed by atoms with Gasteiger partial charge >= 0.3 is 0 Å². The van der Waals surface area contributed by atoms with Gasteiger partial charge in [0, 0.05) is 20.1 Å². The first-order valence-corrected chi connectivity index (χ1v) is 5.11. The second-order valence-electron chi connectivity index (χ2n) is 3.41. The lowest BCUT2D eigenvalue weighted by Crippen LogP contribution is -2.02. The minimum absolute atomic E-state index is 0.523. The van der Waals surface area contributed by atoms with Crippen molar-refractivity contribution in [1.29, 1.82) is 0 Å². The van der Waals surface area contributed by atoms with Crippen molar-refractivity contribution in [3.63, 3.8) is 0 Å². The summed E-state index contributed by atoms with van der Waals surface area (Å²) in [5.74, 6) is 1.28. The topological polar surface area (TPSA) is 47.9 Å². The van der Waals surface area contributed by atoms with Crippen LogP contribution in [0.5, 0.6) is 11.5 Å². The fraction of sp³-hybridized carbons (Fsp3) is 0.500. The molecule has 0 saturated heterocycles. The molecule has 0 amide bonds. The molecular weight excluding hydrogens is 208 g/mol. The maximum Gasteiger partial charge on any atom is 0.161 e. The van der Waals surface area contributed by atoms with Gasteiger partial charge in [0.15, 0.2) is 11.5 Å². The number of benzene rings is 1. The third-order valence-electron chi connectivity index (χ3n) is 2.39. The van der Waals surface area contributed by atoms with Gasteiger partial charge < -0.3 is 19.3 Å². The summed E-state index contributed by atoms with van der Waals surface area (Å²) in [7, 11) is 4.77. The molecule has 1 rings (SSSR count). The van der Waals surface area contributed by atoms with Crippen molar-refractivity contribution in [3.05, 3.63) is 23.8 Å². The Morgan fingerprint density at radius 3 is 2.38 bits per heavy atom. The Balaban J connectivity index is 2.81. The van der Waals surface area contributed by atoms with Gasteiger partial charge in [0.05, 0.1) is 20.3 Å². The van der Waals surface area contributed by atoms with Gasteiger partial charge in [-0.05, 0) is 17.7 Å². The summed E-state index contributed by atoms with van der Waals surface area (Å²) in [5.41, 5.74) is 0.801. The van der Waals surface area contributed by atoms with Crippen molar-refractivity contribution < 1.29 is 19.3 Å². The van der Waals surface area contributed by atoms with Crippen LogP contribution >= 0.6 is 0 Å². The summed E-state index contributed by atoms with van der Waals surface area (Å²) < 4.78 is 15.2. The van der Waals surface area contributed by atoms with Gasteiger partial charge in [0.25, 0.3) is 0 Å². The third kappa shape index (κ3) is 3.12. The Hall–Kier alpha value is -1.26. The van der Waals surface area contributed by atoms with Gasteiger partial charge in [-0.2, -0.15) is 0 Å². The SMILES string of the molecule is COCCC(O)c1ccc(OC)c(OC)c1. The molecule has 0 spiro atoms. The minimum atomic E-state index is -0.542. The zero-order chi connectivity index (χ0) is 12.0. The first-order valence-electron chi connectivity index (χ1n) is 5.11. The van der Waals surface area contributed by atoms with Crippen LogP contribution in [-0.4, -0.2) is 33.0 Å². The molecule has 4 heteroatoms. The Kier molecular flexibility index (Phi) is 5.08. The molecule has 0 radical (unpaired) electrons. The molecule has 16 heavy (non-hydrogen) atoms. The molecule has 0 fully saturated rings. The van der Waals surface area contributed by atoms with Gasteiger partial charge in [-0.15, -0.1) is 0 Å². The second-order valence-corrected chi connectivity index (χ2v) is 3.41. The highest BCUT2D eigenvalue weighted by Gasteiger charge is 2.11. The van der Waals surface area contributed by atoms with Crippen LogP contribution in [0.1, 0.15) is 18.1 Å². The van der Waals surface area contributed by atoms with Gasteiger partial charge in [0.2, 0.25) is 0 Å². The summed E-state index contributed by atoms with van der Waals surface area (Å²) >= 11 is 0. The van der Waals surface area contributed by atoms with E-state index < -0.39 is 6.10 Å². The normalized spacial score (nSPS) is 12.2. The Bertz CT molecular complexity index is 325. The Labute approximate surface area is 95.8 Å². The molecule has 4 nitrogen and oxygen atoms in total. The lowest BCUT2D eigenvalue weighted by Gasteiger charge is -2.13. The highest BCUT2D eigenvalue weighted by molar-refractivity contribution is 5.43. The van der Waals surface area contributed by atoms with E-state index in [1.165, 1.54) is 0 Å². The molecule has 1 aromatic carbocycles. The van der Waals surface area contributed by atoms with Gasteiger partial charge in [-0.25, -0.2) is 0 Å². The van der Waals surface area contributed by atoms with Crippen molar-refractivity contribution >= 4 is 0 Å². The van der Waals surface area contributed by atoms with E-state index in [0.717, 1.165) is 5.56 Å². The molecule has 0 aliphatic rings. The largest absolute Gasteiger partial charge is 0.493 e. The molecule has 1 atom stereocenters. The fourth-order valence-electron chi connectivity index (χ4n) is 1.46. The van der Waals surface area contributed by atoms with Crippen molar-refractivity contribution in [2.24, 2.45) is 0 Å². The number of aliphatic hydroxyl groups excluding tert-OH is 1. The summed E-state index contributed by atoms with van der Waals surface area (Å²) in [4.78, 5) is 0. The van der Waals surface area contributed by atoms with E-state index in [0.29, 0.717) is 24.5 Å². The van der Waals surface area contributed by atoms with Crippen LogP contribution in [-0.2, 0) is 4.74 Å². The molecule has 0 aliphatic carbocycles. The number of rotatable bonds is 6. The van der Waals surface area contributed by atoms with E-state index in [1.807, 2.05) is 6.07 Å². The maximum absolute atomic E-state index is 9.86. The zero-order valence-electron chi connectivity index (χ0n) is 9.90. The molecule has 1 aromatic rings.